The Labute approximate surface area is 376 Å². The van der Waals surface area contributed by atoms with Gasteiger partial charge < -0.3 is 45.0 Å². The molecule has 4 aromatic carbocycles. The topological polar surface area (TPSA) is 141 Å². The average molecular weight is 807 g/mol. The van der Waals surface area contributed by atoms with Crippen LogP contribution in [0.15, 0.2) is 60.7 Å². The van der Waals surface area contributed by atoms with Crippen LogP contribution in [0, 0.1) is 7.43 Å². The molecule has 288 valence electrons. The summed E-state index contributed by atoms with van der Waals surface area (Å²) in [5, 5.41) is 10.5. The smallest absolute Gasteiger partial charge is 1.00 e. The van der Waals surface area contributed by atoms with Crippen molar-refractivity contribution in [2.45, 2.75) is 27.7 Å². The second kappa shape index (κ2) is 26.7. The molecule has 4 amide bonds. The summed E-state index contributed by atoms with van der Waals surface area (Å²) in [6.07, 6.45) is 1.51. The van der Waals surface area contributed by atoms with E-state index < -0.39 is 0 Å². The number of hydrogen-bond acceptors (Lipinski definition) is 9. The molecule has 2 aliphatic heterocycles. The Bertz CT molecular complexity index is 1800. The van der Waals surface area contributed by atoms with Gasteiger partial charge in [0.25, 0.3) is 23.6 Å². The van der Waals surface area contributed by atoms with Crippen molar-refractivity contribution in [3.8, 4) is 5.75 Å². The predicted molar refractivity (Wildman–Crippen MR) is 206 cm³/mol. The quantitative estimate of drug-likeness (QED) is 0.112. The standard InChI is InChI=1S/C18H20N2O3.C17H17ClN2O2.CH4O.2CH4.CH3.ClH.2Na.H2O/c1-19(2)10-5-11-20-17(21)13-7-4-6-12-15(23-3)9-8-14(16(12)13)18(20)22;1-19(2)9-4-10-20-16(21)12-6-3-5-11-14(18)8-7-13(15(11)12)17(20)22;1-2;;;;;;;/h4,6-9H,5,10-11H2,1-3H3;3,5-8H,4,9-10H2,1-2H3;2H,1H3;2*1H4;1H3;1H;;;1H2/q;;;;;-1;;2*+1;/p-2. The summed E-state index contributed by atoms with van der Waals surface area (Å²) < 4.78 is 5.35. The predicted octanol–water partition coefficient (Wildman–Crippen LogP) is -2.40. The van der Waals surface area contributed by atoms with E-state index >= 15 is 0 Å². The zero-order chi connectivity index (χ0) is 34.4. The summed E-state index contributed by atoms with van der Waals surface area (Å²) in [7, 11) is 10.5. The average Bonchev–Trinajstić information content (AvgIpc) is 3.07. The van der Waals surface area contributed by atoms with Crippen LogP contribution in [0.3, 0.4) is 0 Å². The molecule has 2 N–H and O–H groups in total. The Morgan fingerprint density at radius 1 is 0.630 bits per heavy atom. The van der Waals surface area contributed by atoms with Crippen LogP contribution >= 0.6 is 11.6 Å². The molecule has 0 saturated carbocycles. The Kier molecular flexibility index (Phi) is 29.0. The molecule has 15 heteroatoms. The van der Waals surface area contributed by atoms with E-state index in [1.807, 2.05) is 56.2 Å². The van der Waals surface area contributed by atoms with Crippen molar-refractivity contribution >= 4 is 56.8 Å². The molecule has 0 spiro atoms. The van der Waals surface area contributed by atoms with Gasteiger partial charge >= 0.3 is 59.1 Å². The van der Waals surface area contributed by atoms with E-state index in [1.165, 1.54) is 9.80 Å². The minimum Gasteiger partial charge on any atom is -1.00 e. The van der Waals surface area contributed by atoms with Crippen LogP contribution in [0.25, 0.3) is 21.5 Å². The van der Waals surface area contributed by atoms with Crippen molar-refractivity contribution in [1.29, 1.82) is 0 Å². The fraction of sp³-hybridized carbons (Fsp3) is 0.359. The van der Waals surface area contributed by atoms with Gasteiger partial charge in [-0.2, -0.15) is 0 Å². The summed E-state index contributed by atoms with van der Waals surface area (Å²) >= 11 is 6.19. The number of carbonyl (C=O) groups is 4. The van der Waals surface area contributed by atoms with E-state index in [0.29, 0.717) is 56.9 Å². The van der Waals surface area contributed by atoms with E-state index in [4.69, 9.17) is 21.4 Å². The van der Waals surface area contributed by atoms with Crippen molar-refractivity contribution in [2.24, 2.45) is 0 Å². The van der Waals surface area contributed by atoms with Gasteiger partial charge in [-0.1, -0.05) is 50.7 Å². The van der Waals surface area contributed by atoms with Crippen LogP contribution < -0.4 is 76.3 Å². The third-order valence-corrected chi connectivity index (χ3v) is 8.41. The number of nitrogens with zero attached hydrogens (tertiary/aromatic N) is 4. The maximum Gasteiger partial charge on any atom is 1.00 e. The zero-order valence-electron chi connectivity index (χ0n) is 31.5. The normalized spacial score (nSPS) is 11.9. The molecule has 0 aliphatic carbocycles. The van der Waals surface area contributed by atoms with Gasteiger partial charge in [0.05, 0.1) is 7.11 Å². The number of ether oxygens (including phenoxy) is 1. The molecule has 0 aromatic heterocycles. The van der Waals surface area contributed by atoms with Crippen molar-refractivity contribution in [2.75, 3.05) is 68.6 Å². The first-order valence-electron chi connectivity index (χ1n) is 15.3. The van der Waals surface area contributed by atoms with Crippen LogP contribution in [-0.2, 0) is 0 Å². The van der Waals surface area contributed by atoms with Crippen LogP contribution in [0.4, 0.5) is 0 Å². The summed E-state index contributed by atoms with van der Waals surface area (Å²) in [6, 6.07) is 17.8. The maximum atomic E-state index is 12.7. The van der Waals surface area contributed by atoms with Crippen molar-refractivity contribution in [1.82, 2.24) is 19.6 Å². The molecule has 0 unspecified atom stereocenters. The molecule has 2 aliphatic rings. The molecule has 2 heterocycles. The number of imide groups is 2. The number of hydrogen-bond donors (Lipinski definition) is 1. The van der Waals surface area contributed by atoms with Gasteiger partial charge in [0.15, 0.2) is 0 Å². The van der Waals surface area contributed by atoms with Gasteiger partial charge in [-0.15, -0.1) is 0 Å². The molecular formula is C39H53Cl2N4Na2O7-. The van der Waals surface area contributed by atoms with E-state index in [2.05, 4.69) is 0 Å². The number of carbonyl (C=O) groups excluding carboxylic acids is 4. The molecule has 0 bridgehead atoms. The summed E-state index contributed by atoms with van der Waals surface area (Å²) in [5.74, 6) is -0.235. The second-order valence-electron chi connectivity index (χ2n) is 11.7. The van der Waals surface area contributed by atoms with Gasteiger partial charge in [0.2, 0.25) is 0 Å². The summed E-state index contributed by atoms with van der Waals surface area (Å²) in [6.45, 7) is 2.51. The van der Waals surface area contributed by atoms with Crippen LogP contribution in [0.2, 0.25) is 5.02 Å². The number of aliphatic hydroxyl groups is 1. The molecule has 0 radical (unpaired) electrons. The minimum absolute atomic E-state index is 0. The van der Waals surface area contributed by atoms with Crippen LogP contribution in [0.5, 0.6) is 5.75 Å². The molecule has 4 aromatic rings. The molecule has 0 atom stereocenters. The Morgan fingerprint density at radius 3 is 1.37 bits per heavy atom. The van der Waals surface area contributed by atoms with Crippen molar-refractivity contribution < 1.29 is 106 Å². The van der Waals surface area contributed by atoms with Crippen LogP contribution in [0.1, 0.15) is 69.1 Å². The van der Waals surface area contributed by atoms with Gasteiger partial charge in [0, 0.05) is 69.0 Å². The van der Waals surface area contributed by atoms with Crippen LogP contribution in [-0.4, -0.2) is 122 Å². The van der Waals surface area contributed by atoms with E-state index in [9.17, 15) is 19.2 Å². The molecule has 6 rings (SSSR count). The summed E-state index contributed by atoms with van der Waals surface area (Å²) in [5.41, 5.74) is 2.25. The maximum absolute atomic E-state index is 12.7. The Morgan fingerprint density at radius 2 is 0.981 bits per heavy atom. The third kappa shape index (κ3) is 12.4. The van der Waals surface area contributed by atoms with Crippen molar-refractivity contribution in [3.05, 3.63) is 95.4 Å². The monoisotopic (exact) mass is 805 g/mol. The first kappa shape index (κ1) is 58.6. The van der Waals surface area contributed by atoms with Crippen molar-refractivity contribution in [3.63, 3.8) is 0 Å². The fourth-order valence-corrected chi connectivity index (χ4v) is 6.12. The number of methoxy groups -OCH3 is 1. The van der Waals surface area contributed by atoms with Gasteiger partial charge in [-0.25, -0.2) is 0 Å². The van der Waals surface area contributed by atoms with E-state index in [0.717, 1.165) is 43.8 Å². The SMILES string of the molecule is C.C.CN(C)CCCN1C(=O)c2cccc3c(Cl)ccc(c23)C1=O.CO.COc1ccc2c3c(cccc13)C(=O)N(CCCN(C)C)C2=O.[CH3-].[Cl-].[Na+].[Na+].[OH-]. The second-order valence-corrected chi connectivity index (χ2v) is 12.1. The third-order valence-electron chi connectivity index (χ3n) is 8.08. The fourth-order valence-electron chi connectivity index (χ4n) is 5.90. The first-order valence-corrected chi connectivity index (χ1v) is 15.7. The largest absolute Gasteiger partial charge is 1.00 e. The Balaban J connectivity index is -0.000000394. The molecule has 54 heavy (non-hydrogen) atoms. The number of rotatable bonds is 9. The number of aliphatic hydroxyl groups excluding tert-OH is 1. The molecular weight excluding hydrogens is 753 g/mol. The van der Waals surface area contributed by atoms with Gasteiger partial charge in [-0.05, 0) is 90.5 Å². The number of halogens is 2. The minimum atomic E-state index is -0.232. The zero-order valence-corrected chi connectivity index (χ0v) is 37.0. The first-order chi connectivity index (χ1) is 22.5. The molecule has 0 saturated heterocycles. The molecule has 11 nitrogen and oxygen atoms in total. The van der Waals surface area contributed by atoms with E-state index in [-0.39, 0.29) is 123 Å². The van der Waals surface area contributed by atoms with Gasteiger partial charge in [-0.3, -0.25) is 29.0 Å². The number of amides is 4. The van der Waals surface area contributed by atoms with E-state index in [1.54, 1.807) is 49.6 Å². The number of benzene rings is 4. The summed E-state index contributed by atoms with van der Waals surface area (Å²) in [4.78, 5) is 57.5. The molecule has 0 fully saturated rings. The van der Waals surface area contributed by atoms with Gasteiger partial charge in [0.1, 0.15) is 5.75 Å². The Hall–Kier alpha value is -2.10.